The highest BCUT2D eigenvalue weighted by atomic mass is 16.2. The zero-order valence-electron chi connectivity index (χ0n) is 15.6. The summed E-state index contributed by atoms with van der Waals surface area (Å²) in [7, 11) is 0. The Balaban J connectivity index is 1.48. The smallest absolute Gasteiger partial charge is 0.319 e. The Hall–Kier alpha value is -2.33. The summed E-state index contributed by atoms with van der Waals surface area (Å²) in [5.41, 5.74) is 2.97. The minimum absolute atomic E-state index is 0.139. The highest BCUT2D eigenvalue weighted by Gasteiger charge is 2.17. The third kappa shape index (κ3) is 5.09. The van der Waals surface area contributed by atoms with Gasteiger partial charge in [-0.1, -0.05) is 55.0 Å². The molecule has 1 aliphatic rings. The largest absolute Gasteiger partial charge is 0.338 e. The lowest BCUT2D eigenvalue weighted by atomic mass is 10.0. The summed E-state index contributed by atoms with van der Waals surface area (Å²) in [5.74, 6) is 0. The van der Waals surface area contributed by atoms with Crippen molar-refractivity contribution in [3.05, 3.63) is 54.6 Å². The predicted octanol–water partition coefficient (Wildman–Crippen LogP) is 4.74. The number of rotatable bonds is 6. The molecule has 2 amide bonds. The van der Waals surface area contributed by atoms with Crippen LogP contribution in [0.3, 0.4) is 0 Å². The molecule has 0 bridgehead atoms. The van der Waals surface area contributed by atoms with E-state index in [1.165, 1.54) is 25.8 Å². The van der Waals surface area contributed by atoms with Crippen LogP contribution >= 0.6 is 0 Å². The van der Waals surface area contributed by atoms with Crippen LogP contribution in [0.5, 0.6) is 0 Å². The van der Waals surface area contributed by atoms with E-state index in [1.807, 2.05) is 42.5 Å². The maximum atomic E-state index is 12.3. The molecule has 0 aromatic heterocycles. The molecular formula is C22H29N3O. The highest BCUT2D eigenvalue weighted by molar-refractivity contribution is 5.94. The Morgan fingerprint density at radius 3 is 2.65 bits per heavy atom. The lowest BCUT2D eigenvalue weighted by Gasteiger charge is -2.33. The molecule has 4 nitrogen and oxygen atoms in total. The number of hydrogen-bond acceptors (Lipinski definition) is 2. The zero-order chi connectivity index (χ0) is 18.2. The van der Waals surface area contributed by atoms with Crippen LogP contribution in [0, 0.1) is 0 Å². The van der Waals surface area contributed by atoms with Crippen LogP contribution < -0.4 is 10.6 Å². The van der Waals surface area contributed by atoms with Crippen molar-refractivity contribution in [3.63, 3.8) is 0 Å². The van der Waals surface area contributed by atoms with Gasteiger partial charge in [-0.2, -0.15) is 0 Å². The fourth-order valence-corrected chi connectivity index (χ4v) is 3.60. The Morgan fingerprint density at radius 2 is 1.85 bits per heavy atom. The number of carbonyl (C=O) groups is 1. The molecule has 1 aliphatic heterocycles. The second-order valence-electron chi connectivity index (χ2n) is 7.03. The van der Waals surface area contributed by atoms with E-state index in [0.29, 0.717) is 12.6 Å². The van der Waals surface area contributed by atoms with E-state index in [2.05, 4.69) is 34.6 Å². The van der Waals surface area contributed by atoms with Crippen LogP contribution in [0.1, 0.15) is 32.6 Å². The van der Waals surface area contributed by atoms with E-state index >= 15 is 0 Å². The van der Waals surface area contributed by atoms with Crippen LogP contribution in [-0.4, -0.2) is 36.6 Å². The molecule has 0 radical (unpaired) electrons. The molecule has 0 aliphatic carbocycles. The minimum atomic E-state index is -0.139. The van der Waals surface area contributed by atoms with Gasteiger partial charge in [0.1, 0.15) is 0 Å². The summed E-state index contributed by atoms with van der Waals surface area (Å²) in [6.45, 7) is 5.25. The summed E-state index contributed by atoms with van der Waals surface area (Å²) in [4.78, 5) is 14.8. The van der Waals surface area contributed by atoms with Crippen molar-refractivity contribution in [2.24, 2.45) is 0 Å². The number of amides is 2. The number of hydrogen-bond donors (Lipinski definition) is 2. The van der Waals surface area contributed by atoms with Gasteiger partial charge in [0, 0.05) is 24.7 Å². The molecule has 1 heterocycles. The molecule has 1 atom stereocenters. The SMILES string of the molecule is C[C@H]1CCCCN1CCCNC(=O)Nc1ccccc1-c1ccccc1. The Morgan fingerprint density at radius 1 is 1.08 bits per heavy atom. The fourth-order valence-electron chi connectivity index (χ4n) is 3.60. The Kier molecular flexibility index (Phi) is 6.67. The second kappa shape index (κ2) is 9.39. The van der Waals surface area contributed by atoms with Crippen LogP contribution in [0.4, 0.5) is 10.5 Å². The Labute approximate surface area is 156 Å². The van der Waals surface area contributed by atoms with Crippen LogP contribution in [0.15, 0.2) is 54.6 Å². The maximum absolute atomic E-state index is 12.3. The van der Waals surface area contributed by atoms with Crippen molar-refractivity contribution in [2.45, 2.75) is 38.6 Å². The van der Waals surface area contributed by atoms with Gasteiger partial charge in [-0.15, -0.1) is 0 Å². The highest BCUT2D eigenvalue weighted by Crippen LogP contribution is 2.27. The van der Waals surface area contributed by atoms with E-state index in [0.717, 1.165) is 29.8 Å². The van der Waals surface area contributed by atoms with Crippen molar-refractivity contribution in [1.29, 1.82) is 0 Å². The number of benzene rings is 2. The molecule has 26 heavy (non-hydrogen) atoms. The Bertz CT molecular complexity index is 702. The molecule has 3 rings (SSSR count). The average molecular weight is 351 g/mol. The first-order chi connectivity index (χ1) is 12.7. The lowest BCUT2D eigenvalue weighted by molar-refractivity contribution is 0.159. The van der Waals surface area contributed by atoms with Gasteiger partial charge in [0.2, 0.25) is 0 Å². The van der Waals surface area contributed by atoms with E-state index in [1.54, 1.807) is 0 Å². The standard InChI is InChI=1S/C22H29N3O/c1-18-10-7-8-16-25(18)17-9-15-23-22(26)24-21-14-6-5-13-20(21)19-11-3-2-4-12-19/h2-6,11-14,18H,7-10,15-17H2,1H3,(H2,23,24,26)/t18-/m0/s1. The van der Waals surface area contributed by atoms with Gasteiger partial charge in [-0.25, -0.2) is 4.79 Å². The van der Waals surface area contributed by atoms with Crippen molar-refractivity contribution >= 4 is 11.7 Å². The number of likely N-dealkylation sites (tertiary alicyclic amines) is 1. The van der Waals surface area contributed by atoms with Crippen molar-refractivity contribution in [2.75, 3.05) is 25.0 Å². The molecule has 138 valence electrons. The van der Waals surface area contributed by atoms with Crippen LogP contribution in [0.25, 0.3) is 11.1 Å². The van der Waals surface area contributed by atoms with Gasteiger partial charge >= 0.3 is 6.03 Å². The van der Waals surface area contributed by atoms with E-state index < -0.39 is 0 Å². The number of urea groups is 1. The fraction of sp³-hybridized carbons (Fsp3) is 0.409. The van der Waals surface area contributed by atoms with Gasteiger partial charge in [0.05, 0.1) is 5.69 Å². The summed E-state index contributed by atoms with van der Waals surface area (Å²) in [6, 6.07) is 18.6. The predicted molar refractivity (Wildman–Crippen MR) is 108 cm³/mol. The van der Waals surface area contributed by atoms with Gasteiger partial charge in [-0.05, 0) is 44.4 Å². The quantitative estimate of drug-likeness (QED) is 0.738. The molecule has 4 heteroatoms. The minimum Gasteiger partial charge on any atom is -0.338 e. The molecular weight excluding hydrogens is 322 g/mol. The zero-order valence-corrected chi connectivity index (χ0v) is 15.6. The van der Waals surface area contributed by atoms with Gasteiger partial charge < -0.3 is 15.5 Å². The van der Waals surface area contributed by atoms with Crippen LogP contribution in [0.2, 0.25) is 0 Å². The number of piperidine rings is 1. The van der Waals surface area contributed by atoms with Crippen LogP contribution in [-0.2, 0) is 0 Å². The first kappa shape index (κ1) is 18.5. The molecule has 2 aromatic carbocycles. The molecule has 0 saturated carbocycles. The van der Waals surface area contributed by atoms with Crippen molar-refractivity contribution < 1.29 is 4.79 Å². The first-order valence-corrected chi connectivity index (χ1v) is 9.67. The maximum Gasteiger partial charge on any atom is 0.319 e. The normalized spacial score (nSPS) is 17.7. The van der Waals surface area contributed by atoms with Gasteiger partial charge in [0.15, 0.2) is 0 Å². The number of para-hydroxylation sites is 1. The second-order valence-corrected chi connectivity index (χ2v) is 7.03. The topological polar surface area (TPSA) is 44.4 Å². The number of anilines is 1. The molecule has 0 spiro atoms. The lowest BCUT2D eigenvalue weighted by Crippen LogP contribution is -2.39. The molecule has 2 N–H and O–H groups in total. The molecule has 2 aromatic rings. The monoisotopic (exact) mass is 351 g/mol. The number of nitrogens with zero attached hydrogens (tertiary/aromatic N) is 1. The third-order valence-electron chi connectivity index (χ3n) is 5.11. The third-order valence-corrected chi connectivity index (χ3v) is 5.11. The molecule has 1 fully saturated rings. The van der Waals surface area contributed by atoms with Crippen molar-refractivity contribution in [3.8, 4) is 11.1 Å². The number of nitrogens with one attached hydrogen (secondary N) is 2. The van der Waals surface area contributed by atoms with E-state index in [4.69, 9.17) is 0 Å². The summed E-state index contributed by atoms with van der Waals surface area (Å²) in [5, 5.41) is 5.98. The van der Waals surface area contributed by atoms with E-state index in [-0.39, 0.29) is 6.03 Å². The first-order valence-electron chi connectivity index (χ1n) is 9.67. The summed E-state index contributed by atoms with van der Waals surface area (Å²) >= 11 is 0. The summed E-state index contributed by atoms with van der Waals surface area (Å²) in [6.07, 6.45) is 4.93. The van der Waals surface area contributed by atoms with Crippen molar-refractivity contribution in [1.82, 2.24) is 10.2 Å². The van der Waals surface area contributed by atoms with Gasteiger partial charge in [0.25, 0.3) is 0 Å². The summed E-state index contributed by atoms with van der Waals surface area (Å²) < 4.78 is 0. The number of carbonyl (C=O) groups excluding carboxylic acids is 1. The average Bonchev–Trinajstić information content (AvgIpc) is 2.68. The molecule has 1 saturated heterocycles. The van der Waals surface area contributed by atoms with E-state index in [9.17, 15) is 4.79 Å². The van der Waals surface area contributed by atoms with Gasteiger partial charge in [-0.3, -0.25) is 0 Å². The molecule has 0 unspecified atom stereocenters.